The Kier molecular flexibility index (Phi) is 5.27. The molecule has 0 amide bonds. The first kappa shape index (κ1) is 16.4. The second-order valence-corrected chi connectivity index (χ2v) is 6.73. The van der Waals surface area contributed by atoms with Crippen molar-refractivity contribution in [1.29, 1.82) is 0 Å². The van der Waals surface area contributed by atoms with Crippen molar-refractivity contribution in [2.24, 2.45) is 0 Å². The molecule has 3 aromatic rings. The summed E-state index contributed by atoms with van der Waals surface area (Å²) < 4.78 is 2.06. The lowest BCUT2D eigenvalue weighted by molar-refractivity contribution is 0.556. The van der Waals surface area contributed by atoms with Crippen LogP contribution in [0, 0.1) is 0 Å². The molecule has 2 aromatic carbocycles. The summed E-state index contributed by atoms with van der Waals surface area (Å²) in [4.78, 5) is 4.12. The van der Waals surface area contributed by atoms with Crippen LogP contribution in [0.1, 0.15) is 17.0 Å². The molecule has 0 spiro atoms. The molecule has 0 radical (unpaired) electrons. The summed E-state index contributed by atoms with van der Waals surface area (Å²) in [7, 11) is 0. The highest BCUT2D eigenvalue weighted by Crippen LogP contribution is 2.31. The summed E-state index contributed by atoms with van der Waals surface area (Å²) in [5.74, 6) is 0.218. The molecule has 23 heavy (non-hydrogen) atoms. The van der Waals surface area contributed by atoms with Gasteiger partial charge in [-0.15, -0.1) is 0 Å². The molecule has 0 fully saturated rings. The molecular weight excluding hydrogens is 351 g/mol. The first-order valence-corrected chi connectivity index (χ1v) is 8.40. The van der Waals surface area contributed by atoms with Crippen molar-refractivity contribution < 1.29 is 0 Å². The Bertz CT molecular complexity index is 767. The molecule has 118 valence electrons. The minimum Gasteiger partial charge on any atom is -0.337 e. The van der Waals surface area contributed by atoms with Gasteiger partial charge in [0, 0.05) is 39.9 Å². The highest BCUT2D eigenvalue weighted by molar-refractivity contribution is 6.35. The van der Waals surface area contributed by atoms with Crippen molar-refractivity contribution >= 4 is 34.8 Å². The van der Waals surface area contributed by atoms with E-state index in [2.05, 4.69) is 9.55 Å². The second-order valence-electron chi connectivity index (χ2n) is 5.45. The lowest BCUT2D eigenvalue weighted by Gasteiger charge is -2.20. The third-order valence-corrected chi connectivity index (χ3v) is 4.60. The Hall–Kier alpha value is -1.48. The first-order chi connectivity index (χ1) is 11.1. The largest absolute Gasteiger partial charge is 0.337 e. The normalized spacial score (nSPS) is 12.3. The number of rotatable bonds is 5. The number of hydrogen-bond donors (Lipinski definition) is 0. The van der Waals surface area contributed by atoms with Crippen molar-refractivity contribution in [3.8, 4) is 0 Å². The van der Waals surface area contributed by atoms with Gasteiger partial charge in [-0.3, -0.25) is 0 Å². The maximum absolute atomic E-state index is 6.43. The van der Waals surface area contributed by atoms with Gasteiger partial charge in [0.25, 0.3) is 0 Å². The molecule has 2 nitrogen and oxygen atoms in total. The molecule has 0 aliphatic carbocycles. The SMILES string of the molecule is Clc1ccc(CC(Cn2ccnc2)c2ccc(Cl)cc2Cl)cc1. The van der Waals surface area contributed by atoms with E-state index in [0.717, 1.165) is 23.6 Å². The minimum atomic E-state index is 0.218. The number of nitrogens with zero attached hydrogens (tertiary/aromatic N) is 2. The van der Waals surface area contributed by atoms with Gasteiger partial charge in [0.15, 0.2) is 0 Å². The Labute approximate surface area is 150 Å². The van der Waals surface area contributed by atoms with Crippen LogP contribution in [0.5, 0.6) is 0 Å². The second kappa shape index (κ2) is 7.39. The van der Waals surface area contributed by atoms with E-state index in [0.29, 0.717) is 10.0 Å². The third kappa shape index (κ3) is 4.29. The van der Waals surface area contributed by atoms with Crippen LogP contribution in [-0.4, -0.2) is 9.55 Å². The Morgan fingerprint density at radius 3 is 2.35 bits per heavy atom. The fraction of sp³-hybridized carbons (Fsp3) is 0.167. The van der Waals surface area contributed by atoms with E-state index < -0.39 is 0 Å². The lowest BCUT2D eigenvalue weighted by Crippen LogP contribution is -2.11. The van der Waals surface area contributed by atoms with E-state index in [1.54, 1.807) is 12.3 Å². The molecule has 5 heteroatoms. The zero-order valence-corrected chi connectivity index (χ0v) is 14.6. The van der Waals surface area contributed by atoms with Crippen LogP contribution >= 0.6 is 34.8 Å². The van der Waals surface area contributed by atoms with Crippen molar-refractivity contribution in [2.45, 2.75) is 18.9 Å². The van der Waals surface area contributed by atoms with Gasteiger partial charge in [-0.2, -0.15) is 0 Å². The van der Waals surface area contributed by atoms with Gasteiger partial charge >= 0.3 is 0 Å². The monoisotopic (exact) mass is 364 g/mol. The van der Waals surface area contributed by atoms with Crippen LogP contribution in [0.2, 0.25) is 15.1 Å². The molecule has 0 aliphatic rings. The van der Waals surface area contributed by atoms with Gasteiger partial charge in [0.1, 0.15) is 0 Å². The Balaban J connectivity index is 1.90. The number of imidazole rings is 1. The number of halogens is 3. The van der Waals surface area contributed by atoms with Gasteiger partial charge < -0.3 is 4.57 Å². The minimum absolute atomic E-state index is 0.218. The van der Waals surface area contributed by atoms with Crippen LogP contribution in [-0.2, 0) is 13.0 Å². The van der Waals surface area contributed by atoms with Crippen LogP contribution in [0.15, 0.2) is 61.2 Å². The zero-order chi connectivity index (χ0) is 16.2. The molecule has 0 N–H and O–H groups in total. The van der Waals surface area contributed by atoms with Crippen LogP contribution in [0.4, 0.5) is 0 Å². The van der Waals surface area contributed by atoms with Crippen molar-refractivity contribution in [3.05, 3.63) is 87.4 Å². The van der Waals surface area contributed by atoms with E-state index in [-0.39, 0.29) is 5.92 Å². The van der Waals surface area contributed by atoms with Gasteiger partial charge in [0.2, 0.25) is 0 Å². The summed E-state index contributed by atoms with van der Waals surface area (Å²) in [6, 6.07) is 13.6. The van der Waals surface area contributed by atoms with Gasteiger partial charge in [-0.05, 0) is 41.8 Å². The summed E-state index contributed by atoms with van der Waals surface area (Å²) in [5.41, 5.74) is 2.30. The average Bonchev–Trinajstić information content (AvgIpc) is 3.02. The van der Waals surface area contributed by atoms with Crippen molar-refractivity contribution in [1.82, 2.24) is 9.55 Å². The van der Waals surface area contributed by atoms with E-state index in [1.165, 1.54) is 5.56 Å². The molecule has 0 saturated heterocycles. The van der Waals surface area contributed by atoms with Crippen LogP contribution < -0.4 is 0 Å². The summed E-state index contributed by atoms with van der Waals surface area (Å²) in [6.07, 6.45) is 6.41. The van der Waals surface area contributed by atoms with Crippen LogP contribution in [0.3, 0.4) is 0 Å². The number of aromatic nitrogens is 2. The standard InChI is InChI=1S/C18H15Cl3N2/c19-15-3-1-13(2-4-15)9-14(11-23-8-7-22-12-23)17-6-5-16(20)10-18(17)21/h1-8,10,12,14H,9,11H2. The fourth-order valence-electron chi connectivity index (χ4n) is 2.66. The van der Waals surface area contributed by atoms with Gasteiger partial charge in [0.05, 0.1) is 6.33 Å². The first-order valence-electron chi connectivity index (χ1n) is 7.27. The van der Waals surface area contributed by atoms with E-state index in [9.17, 15) is 0 Å². The lowest BCUT2D eigenvalue weighted by atomic mass is 9.91. The Morgan fingerprint density at radius 2 is 1.70 bits per heavy atom. The van der Waals surface area contributed by atoms with E-state index in [1.807, 2.05) is 48.9 Å². The number of benzene rings is 2. The maximum Gasteiger partial charge on any atom is 0.0946 e. The molecule has 1 atom stereocenters. The molecule has 0 bridgehead atoms. The quantitative estimate of drug-likeness (QED) is 0.553. The molecular formula is C18H15Cl3N2. The summed E-state index contributed by atoms with van der Waals surface area (Å²) >= 11 is 18.4. The highest BCUT2D eigenvalue weighted by Gasteiger charge is 2.17. The summed E-state index contributed by atoms with van der Waals surface area (Å²) in [5, 5.41) is 2.08. The van der Waals surface area contributed by atoms with E-state index >= 15 is 0 Å². The molecule has 1 unspecified atom stereocenters. The summed E-state index contributed by atoms with van der Waals surface area (Å²) in [6.45, 7) is 0.796. The predicted octanol–water partition coefficient (Wildman–Crippen LogP) is 5.87. The topological polar surface area (TPSA) is 17.8 Å². The third-order valence-electron chi connectivity index (χ3n) is 3.79. The van der Waals surface area contributed by atoms with Gasteiger partial charge in [-0.1, -0.05) is 53.0 Å². The molecule has 0 aliphatic heterocycles. The van der Waals surface area contributed by atoms with Crippen molar-refractivity contribution in [3.63, 3.8) is 0 Å². The fourth-order valence-corrected chi connectivity index (χ4v) is 3.35. The smallest absolute Gasteiger partial charge is 0.0946 e. The average molecular weight is 366 g/mol. The predicted molar refractivity (Wildman–Crippen MR) is 96.6 cm³/mol. The Morgan fingerprint density at radius 1 is 0.957 bits per heavy atom. The zero-order valence-electron chi connectivity index (χ0n) is 12.3. The molecule has 3 rings (SSSR count). The number of hydrogen-bond acceptors (Lipinski definition) is 1. The van der Waals surface area contributed by atoms with E-state index in [4.69, 9.17) is 34.8 Å². The van der Waals surface area contributed by atoms with Gasteiger partial charge in [-0.25, -0.2) is 4.98 Å². The molecule has 0 saturated carbocycles. The molecule has 1 heterocycles. The van der Waals surface area contributed by atoms with Crippen molar-refractivity contribution in [2.75, 3.05) is 0 Å². The van der Waals surface area contributed by atoms with Crippen LogP contribution in [0.25, 0.3) is 0 Å². The maximum atomic E-state index is 6.43. The molecule has 1 aromatic heterocycles. The highest BCUT2D eigenvalue weighted by atomic mass is 35.5.